The Labute approximate surface area is 110 Å². The van der Waals surface area contributed by atoms with Gasteiger partial charge in [0.15, 0.2) is 0 Å². The Morgan fingerprint density at radius 2 is 2.17 bits per heavy atom. The van der Waals surface area contributed by atoms with E-state index in [0.29, 0.717) is 18.2 Å². The first-order valence-corrected chi connectivity index (χ1v) is 5.90. The summed E-state index contributed by atoms with van der Waals surface area (Å²) in [6, 6.07) is 5.08. The van der Waals surface area contributed by atoms with E-state index in [2.05, 4.69) is 5.32 Å². The second-order valence-corrected chi connectivity index (χ2v) is 4.04. The molecule has 1 rings (SSSR count). The molecule has 0 aliphatic heterocycles. The monoisotopic (exact) mass is 279 g/mol. The first-order chi connectivity index (χ1) is 8.63. The first-order valence-electron chi connectivity index (χ1n) is 5.52. The topological polar surface area (TPSA) is 30.5 Å². The van der Waals surface area contributed by atoms with Gasteiger partial charge in [0.05, 0.1) is 11.6 Å². The summed E-state index contributed by atoms with van der Waals surface area (Å²) in [5, 5.41) is 3.49. The molecular formula is C12H16ClF2NO2. The number of halogens is 3. The lowest BCUT2D eigenvalue weighted by Gasteiger charge is -2.09. The predicted molar refractivity (Wildman–Crippen MR) is 66.5 cm³/mol. The second-order valence-electron chi connectivity index (χ2n) is 3.64. The van der Waals surface area contributed by atoms with Crippen molar-refractivity contribution in [2.75, 3.05) is 26.9 Å². The molecule has 0 aromatic heterocycles. The molecule has 3 nitrogen and oxygen atoms in total. The number of nitrogens with one attached hydrogen (secondary N) is 1. The van der Waals surface area contributed by atoms with Gasteiger partial charge in [0.1, 0.15) is 12.4 Å². The standard InChI is InChI=1S/C12H16ClF2NO2/c1-17-5-4-16-7-9-2-3-11(10(13)6-9)18-8-12(14)15/h2-3,6,12,16H,4-5,7-8H2,1H3. The van der Waals surface area contributed by atoms with E-state index in [0.717, 1.165) is 12.1 Å². The van der Waals surface area contributed by atoms with E-state index in [1.807, 2.05) is 0 Å². The average Bonchev–Trinajstić information content (AvgIpc) is 2.33. The summed E-state index contributed by atoms with van der Waals surface area (Å²) >= 11 is 5.93. The van der Waals surface area contributed by atoms with Gasteiger partial charge in [-0.15, -0.1) is 0 Å². The lowest BCUT2D eigenvalue weighted by Crippen LogP contribution is -2.18. The third-order valence-corrected chi connectivity index (χ3v) is 2.47. The molecular weight excluding hydrogens is 264 g/mol. The largest absolute Gasteiger partial charge is 0.486 e. The van der Waals surface area contributed by atoms with Crippen LogP contribution in [0.2, 0.25) is 5.02 Å². The first kappa shape index (κ1) is 15.1. The van der Waals surface area contributed by atoms with Crippen LogP contribution in [0.4, 0.5) is 8.78 Å². The fraction of sp³-hybridized carbons (Fsp3) is 0.500. The summed E-state index contributed by atoms with van der Waals surface area (Å²) in [7, 11) is 1.63. The van der Waals surface area contributed by atoms with Gasteiger partial charge in [0, 0.05) is 20.2 Å². The molecule has 0 saturated heterocycles. The molecule has 0 bridgehead atoms. The van der Waals surface area contributed by atoms with Crippen molar-refractivity contribution in [3.8, 4) is 5.75 Å². The van der Waals surface area contributed by atoms with Crippen molar-refractivity contribution in [1.29, 1.82) is 0 Å². The van der Waals surface area contributed by atoms with Crippen LogP contribution in [0.5, 0.6) is 5.75 Å². The van der Waals surface area contributed by atoms with Crippen LogP contribution in [0.15, 0.2) is 18.2 Å². The minimum atomic E-state index is -2.50. The fourth-order valence-corrected chi connectivity index (χ4v) is 1.59. The molecule has 6 heteroatoms. The Balaban J connectivity index is 2.46. The van der Waals surface area contributed by atoms with Crippen LogP contribution in [0.1, 0.15) is 5.56 Å². The molecule has 1 aromatic carbocycles. The summed E-state index contributed by atoms with van der Waals surface area (Å²) in [5.41, 5.74) is 0.959. The molecule has 1 aromatic rings. The van der Waals surface area contributed by atoms with E-state index in [-0.39, 0.29) is 5.75 Å². The van der Waals surface area contributed by atoms with Crippen LogP contribution in [-0.4, -0.2) is 33.3 Å². The van der Waals surface area contributed by atoms with E-state index < -0.39 is 13.0 Å². The number of methoxy groups -OCH3 is 1. The minimum Gasteiger partial charge on any atom is -0.486 e. The molecule has 0 unspecified atom stereocenters. The maximum absolute atomic E-state index is 12.0. The molecule has 0 atom stereocenters. The molecule has 0 spiro atoms. The summed E-state index contributed by atoms with van der Waals surface area (Å²) in [5.74, 6) is 0.276. The molecule has 0 radical (unpaired) electrons. The van der Waals surface area contributed by atoms with Crippen molar-refractivity contribution in [3.05, 3.63) is 28.8 Å². The van der Waals surface area contributed by atoms with Gasteiger partial charge in [0.2, 0.25) is 0 Å². The normalized spacial score (nSPS) is 10.9. The fourth-order valence-electron chi connectivity index (χ4n) is 1.33. The summed E-state index contributed by atoms with van der Waals surface area (Å²) in [6.45, 7) is 1.35. The zero-order chi connectivity index (χ0) is 13.4. The third-order valence-electron chi connectivity index (χ3n) is 2.17. The van der Waals surface area contributed by atoms with Crippen LogP contribution in [0, 0.1) is 0 Å². The Bertz CT molecular complexity index is 364. The quantitative estimate of drug-likeness (QED) is 0.742. The van der Waals surface area contributed by atoms with Crippen molar-refractivity contribution in [3.63, 3.8) is 0 Å². The second kappa shape index (κ2) is 8.24. The van der Waals surface area contributed by atoms with Gasteiger partial charge in [-0.05, 0) is 17.7 Å². The van der Waals surface area contributed by atoms with Crippen LogP contribution in [-0.2, 0) is 11.3 Å². The van der Waals surface area contributed by atoms with Crippen LogP contribution >= 0.6 is 11.6 Å². The van der Waals surface area contributed by atoms with Gasteiger partial charge in [-0.25, -0.2) is 8.78 Å². The number of rotatable bonds is 8. The summed E-state index contributed by atoms with van der Waals surface area (Å²) in [4.78, 5) is 0. The highest BCUT2D eigenvalue weighted by Gasteiger charge is 2.07. The Morgan fingerprint density at radius 3 is 2.78 bits per heavy atom. The highest BCUT2D eigenvalue weighted by atomic mass is 35.5. The molecule has 0 saturated carbocycles. The predicted octanol–water partition coefficient (Wildman–Crippen LogP) is 2.72. The molecule has 18 heavy (non-hydrogen) atoms. The lowest BCUT2D eigenvalue weighted by atomic mass is 10.2. The Hall–Kier alpha value is -0.910. The highest BCUT2D eigenvalue weighted by molar-refractivity contribution is 6.32. The van der Waals surface area contributed by atoms with Gasteiger partial charge >= 0.3 is 0 Å². The molecule has 0 aliphatic rings. The van der Waals surface area contributed by atoms with Gasteiger partial charge < -0.3 is 14.8 Å². The van der Waals surface area contributed by atoms with E-state index in [4.69, 9.17) is 21.1 Å². The number of benzene rings is 1. The van der Waals surface area contributed by atoms with Crippen LogP contribution in [0.25, 0.3) is 0 Å². The van der Waals surface area contributed by atoms with Crippen LogP contribution < -0.4 is 10.1 Å². The minimum absolute atomic E-state index is 0.276. The zero-order valence-corrected chi connectivity index (χ0v) is 10.8. The number of ether oxygens (including phenoxy) is 2. The molecule has 102 valence electrons. The third kappa shape index (κ3) is 5.62. The molecule has 0 amide bonds. The zero-order valence-electron chi connectivity index (χ0n) is 10.1. The SMILES string of the molecule is COCCNCc1ccc(OCC(F)F)c(Cl)c1. The van der Waals surface area contributed by atoms with Crippen molar-refractivity contribution < 1.29 is 18.3 Å². The average molecular weight is 280 g/mol. The lowest BCUT2D eigenvalue weighted by molar-refractivity contribution is 0.0819. The molecule has 1 N–H and O–H groups in total. The number of hydrogen-bond donors (Lipinski definition) is 1. The molecule has 0 fully saturated rings. The van der Waals surface area contributed by atoms with Crippen molar-refractivity contribution in [2.24, 2.45) is 0 Å². The maximum Gasteiger partial charge on any atom is 0.272 e. The van der Waals surface area contributed by atoms with Gasteiger partial charge in [-0.2, -0.15) is 0 Å². The van der Waals surface area contributed by atoms with E-state index >= 15 is 0 Å². The van der Waals surface area contributed by atoms with Crippen molar-refractivity contribution in [1.82, 2.24) is 5.32 Å². The van der Waals surface area contributed by atoms with Gasteiger partial charge in [-0.3, -0.25) is 0 Å². The van der Waals surface area contributed by atoms with Crippen LogP contribution in [0.3, 0.4) is 0 Å². The Kier molecular flexibility index (Phi) is 6.93. The van der Waals surface area contributed by atoms with E-state index in [1.165, 1.54) is 0 Å². The highest BCUT2D eigenvalue weighted by Crippen LogP contribution is 2.25. The summed E-state index contributed by atoms with van der Waals surface area (Å²) < 4.78 is 33.7. The molecule has 0 heterocycles. The van der Waals surface area contributed by atoms with Crippen molar-refractivity contribution in [2.45, 2.75) is 13.0 Å². The van der Waals surface area contributed by atoms with Gasteiger partial charge in [-0.1, -0.05) is 17.7 Å². The van der Waals surface area contributed by atoms with Gasteiger partial charge in [0.25, 0.3) is 6.43 Å². The Morgan fingerprint density at radius 1 is 1.39 bits per heavy atom. The maximum atomic E-state index is 12.0. The van der Waals surface area contributed by atoms with Crippen molar-refractivity contribution >= 4 is 11.6 Å². The molecule has 0 aliphatic carbocycles. The summed E-state index contributed by atoms with van der Waals surface area (Å²) in [6.07, 6.45) is -2.50. The smallest absolute Gasteiger partial charge is 0.272 e. The number of alkyl halides is 2. The number of hydrogen-bond acceptors (Lipinski definition) is 3. The van der Waals surface area contributed by atoms with E-state index in [9.17, 15) is 8.78 Å². The van der Waals surface area contributed by atoms with E-state index in [1.54, 1.807) is 25.3 Å².